The lowest BCUT2D eigenvalue weighted by atomic mass is 9.96. The summed E-state index contributed by atoms with van der Waals surface area (Å²) in [6.45, 7) is 0. The van der Waals surface area contributed by atoms with E-state index in [1.165, 1.54) is 19.2 Å². The first-order chi connectivity index (χ1) is 11.9. The van der Waals surface area contributed by atoms with Crippen LogP contribution in [0.3, 0.4) is 0 Å². The summed E-state index contributed by atoms with van der Waals surface area (Å²) in [7, 11) is 1.21. The van der Waals surface area contributed by atoms with Crippen LogP contribution in [0.4, 0.5) is 13.2 Å². The third kappa shape index (κ3) is 3.66. The van der Waals surface area contributed by atoms with Crippen LogP contribution in [0.1, 0.15) is 27.6 Å². The Morgan fingerprint density at radius 1 is 1.12 bits per heavy atom. The summed E-state index contributed by atoms with van der Waals surface area (Å²) >= 11 is 0. The highest BCUT2D eigenvalue weighted by molar-refractivity contribution is 5.96. The fraction of sp³-hybridized carbons (Fsp3) is 0.167. The Morgan fingerprint density at radius 2 is 1.84 bits per heavy atom. The maximum absolute atomic E-state index is 13.0. The SMILES string of the molecule is COC(=O)c1cc(C(OC(F)(F)F)c2ccccc2)c2cc[nH]c2c1. The van der Waals surface area contributed by atoms with Crippen molar-refractivity contribution in [1.82, 2.24) is 4.98 Å². The fourth-order valence-electron chi connectivity index (χ4n) is 2.72. The molecule has 0 spiro atoms. The van der Waals surface area contributed by atoms with Gasteiger partial charge < -0.3 is 9.72 Å². The van der Waals surface area contributed by atoms with E-state index in [1.807, 2.05) is 0 Å². The number of carbonyl (C=O) groups excluding carboxylic acids is 1. The van der Waals surface area contributed by atoms with Gasteiger partial charge in [-0.05, 0) is 29.3 Å². The molecule has 1 unspecified atom stereocenters. The number of esters is 1. The topological polar surface area (TPSA) is 51.3 Å². The predicted molar refractivity (Wildman–Crippen MR) is 85.1 cm³/mol. The molecule has 0 fully saturated rings. The van der Waals surface area contributed by atoms with Crippen molar-refractivity contribution < 1.29 is 27.4 Å². The van der Waals surface area contributed by atoms with Gasteiger partial charge in [0.15, 0.2) is 0 Å². The first-order valence-electron chi connectivity index (χ1n) is 7.38. The Hall–Kier alpha value is -2.80. The maximum Gasteiger partial charge on any atom is 0.523 e. The summed E-state index contributed by atoms with van der Waals surface area (Å²) in [6, 6.07) is 12.6. The number of hydrogen-bond acceptors (Lipinski definition) is 3. The molecule has 1 N–H and O–H groups in total. The molecule has 0 radical (unpaired) electrons. The number of halogens is 3. The zero-order valence-electron chi connectivity index (χ0n) is 13.1. The van der Waals surface area contributed by atoms with Gasteiger partial charge in [0.25, 0.3) is 0 Å². The van der Waals surface area contributed by atoms with Crippen LogP contribution in [0.5, 0.6) is 0 Å². The van der Waals surface area contributed by atoms with Crippen molar-refractivity contribution in [2.75, 3.05) is 7.11 Å². The molecule has 0 bridgehead atoms. The van der Waals surface area contributed by atoms with E-state index >= 15 is 0 Å². The maximum atomic E-state index is 13.0. The molecule has 0 aliphatic heterocycles. The van der Waals surface area contributed by atoms with Crippen LogP contribution in [-0.4, -0.2) is 24.4 Å². The number of alkyl halides is 3. The number of ether oxygens (including phenoxy) is 2. The van der Waals surface area contributed by atoms with Crippen molar-refractivity contribution in [3.05, 3.63) is 71.4 Å². The zero-order chi connectivity index (χ0) is 18.0. The van der Waals surface area contributed by atoms with E-state index < -0.39 is 18.4 Å². The van der Waals surface area contributed by atoms with E-state index in [9.17, 15) is 18.0 Å². The molecule has 0 aliphatic rings. The Labute approximate surface area is 141 Å². The highest BCUT2D eigenvalue weighted by Gasteiger charge is 2.36. The summed E-state index contributed by atoms with van der Waals surface area (Å²) in [5.41, 5.74) is 1.20. The smallest absolute Gasteiger partial charge is 0.465 e. The number of hydrogen-bond donors (Lipinski definition) is 1. The Morgan fingerprint density at radius 3 is 2.48 bits per heavy atom. The lowest BCUT2D eigenvalue weighted by Crippen LogP contribution is -2.19. The molecule has 25 heavy (non-hydrogen) atoms. The first kappa shape index (κ1) is 17.0. The van der Waals surface area contributed by atoms with Crippen molar-refractivity contribution >= 4 is 16.9 Å². The number of H-pyrrole nitrogens is 1. The van der Waals surface area contributed by atoms with E-state index in [2.05, 4.69) is 14.5 Å². The standard InChI is InChI=1S/C18H14F3NO3/c1-24-17(23)12-9-14(13-7-8-22-15(13)10-12)16(25-18(19,20)21)11-5-3-2-4-6-11/h2-10,16,22H,1H3. The van der Waals surface area contributed by atoms with Crippen LogP contribution in [0.2, 0.25) is 0 Å². The third-order valence-electron chi connectivity index (χ3n) is 3.76. The molecule has 1 aromatic heterocycles. The molecular weight excluding hydrogens is 335 g/mol. The molecule has 1 atom stereocenters. The van der Waals surface area contributed by atoms with Gasteiger partial charge in [0.1, 0.15) is 6.10 Å². The number of fused-ring (bicyclic) bond motifs is 1. The highest BCUT2D eigenvalue weighted by Crippen LogP contribution is 2.37. The molecule has 0 saturated heterocycles. The third-order valence-corrected chi connectivity index (χ3v) is 3.76. The minimum atomic E-state index is -4.84. The van der Waals surface area contributed by atoms with Crippen LogP contribution in [0.15, 0.2) is 54.7 Å². The van der Waals surface area contributed by atoms with Gasteiger partial charge in [-0.1, -0.05) is 30.3 Å². The summed E-state index contributed by atoms with van der Waals surface area (Å²) in [6.07, 6.45) is -4.67. The number of benzene rings is 2. The minimum Gasteiger partial charge on any atom is -0.465 e. The average Bonchev–Trinajstić information content (AvgIpc) is 3.07. The van der Waals surface area contributed by atoms with Crippen molar-refractivity contribution in [1.29, 1.82) is 0 Å². The average molecular weight is 349 g/mol. The van der Waals surface area contributed by atoms with Gasteiger partial charge in [0.05, 0.1) is 12.7 Å². The summed E-state index contributed by atoms with van der Waals surface area (Å²) in [5, 5.41) is 0.533. The normalized spacial score (nSPS) is 13.0. The molecule has 0 aliphatic carbocycles. The van der Waals surface area contributed by atoms with E-state index in [4.69, 9.17) is 0 Å². The second kappa shape index (κ2) is 6.60. The Balaban J connectivity index is 2.21. The van der Waals surface area contributed by atoms with Gasteiger partial charge >= 0.3 is 12.3 Å². The summed E-state index contributed by atoms with van der Waals surface area (Å²) in [5.74, 6) is -0.642. The molecule has 3 aromatic rings. The number of nitrogens with one attached hydrogen (secondary N) is 1. The van der Waals surface area contributed by atoms with Gasteiger partial charge in [0.2, 0.25) is 0 Å². The summed E-state index contributed by atoms with van der Waals surface area (Å²) in [4.78, 5) is 14.8. The Kier molecular flexibility index (Phi) is 4.50. The lowest BCUT2D eigenvalue weighted by Gasteiger charge is -2.21. The summed E-state index contributed by atoms with van der Waals surface area (Å²) < 4.78 is 48.1. The molecule has 7 heteroatoms. The second-order valence-electron chi connectivity index (χ2n) is 5.35. The second-order valence-corrected chi connectivity index (χ2v) is 5.35. The van der Waals surface area contributed by atoms with Crippen LogP contribution in [0, 0.1) is 0 Å². The molecule has 3 rings (SSSR count). The quantitative estimate of drug-likeness (QED) is 0.702. The number of aromatic amines is 1. The molecule has 0 saturated carbocycles. The zero-order valence-corrected chi connectivity index (χ0v) is 13.1. The number of rotatable bonds is 4. The molecule has 130 valence electrons. The van der Waals surface area contributed by atoms with Gasteiger partial charge in [-0.2, -0.15) is 0 Å². The van der Waals surface area contributed by atoms with Crippen molar-refractivity contribution in [2.24, 2.45) is 0 Å². The largest absolute Gasteiger partial charge is 0.523 e. The molecular formula is C18H14F3NO3. The van der Waals surface area contributed by atoms with Crippen LogP contribution < -0.4 is 0 Å². The van der Waals surface area contributed by atoms with Crippen LogP contribution in [0.25, 0.3) is 10.9 Å². The number of aromatic nitrogens is 1. The van der Waals surface area contributed by atoms with Gasteiger partial charge in [0, 0.05) is 17.1 Å². The number of methoxy groups -OCH3 is 1. The van der Waals surface area contributed by atoms with E-state index in [0.29, 0.717) is 16.5 Å². The van der Waals surface area contributed by atoms with Gasteiger partial charge in [-0.3, -0.25) is 4.74 Å². The van der Waals surface area contributed by atoms with Crippen LogP contribution in [-0.2, 0) is 9.47 Å². The molecule has 4 nitrogen and oxygen atoms in total. The number of carbonyl (C=O) groups is 1. The van der Waals surface area contributed by atoms with Crippen molar-refractivity contribution in [3.8, 4) is 0 Å². The monoisotopic (exact) mass is 349 g/mol. The molecule has 1 heterocycles. The van der Waals surface area contributed by atoms with E-state index in [1.54, 1.807) is 42.6 Å². The first-order valence-corrected chi connectivity index (χ1v) is 7.38. The van der Waals surface area contributed by atoms with Gasteiger partial charge in [-0.25, -0.2) is 4.79 Å². The van der Waals surface area contributed by atoms with Crippen LogP contribution >= 0.6 is 0 Å². The van der Waals surface area contributed by atoms with Crippen molar-refractivity contribution in [3.63, 3.8) is 0 Å². The molecule has 0 amide bonds. The minimum absolute atomic E-state index is 0.138. The lowest BCUT2D eigenvalue weighted by molar-refractivity contribution is -0.339. The fourth-order valence-corrected chi connectivity index (χ4v) is 2.72. The predicted octanol–water partition coefficient (Wildman–Crippen LogP) is 4.58. The van der Waals surface area contributed by atoms with E-state index in [-0.39, 0.29) is 11.1 Å². The highest BCUT2D eigenvalue weighted by atomic mass is 19.4. The molecule has 2 aromatic carbocycles. The Bertz CT molecular complexity index is 887. The van der Waals surface area contributed by atoms with Gasteiger partial charge in [-0.15, -0.1) is 13.2 Å². The van der Waals surface area contributed by atoms with Crippen molar-refractivity contribution in [2.45, 2.75) is 12.5 Å². The van der Waals surface area contributed by atoms with E-state index in [0.717, 1.165) is 0 Å².